The Hall–Kier alpha value is -0.710. The van der Waals surface area contributed by atoms with Gasteiger partial charge in [-0.05, 0) is 25.0 Å². The van der Waals surface area contributed by atoms with Crippen molar-refractivity contribution in [2.45, 2.75) is 27.1 Å². The molecule has 18 heavy (non-hydrogen) atoms. The SMILES string of the molecule is CCOP(=O)(OCC)OCc1ccc(CO)cc1. The summed E-state index contributed by atoms with van der Waals surface area (Å²) in [5.41, 5.74) is 1.66. The van der Waals surface area contributed by atoms with Crippen molar-refractivity contribution in [1.82, 2.24) is 0 Å². The smallest absolute Gasteiger partial charge is 0.392 e. The van der Waals surface area contributed by atoms with Gasteiger partial charge in [-0.1, -0.05) is 24.3 Å². The van der Waals surface area contributed by atoms with Crippen molar-refractivity contribution in [3.05, 3.63) is 35.4 Å². The summed E-state index contributed by atoms with van der Waals surface area (Å²) in [7, 11) is -3.45. The lowest BCUT2D eigenvalue weighted by Crippen LogP contribution is -2.00. The molecule has 0 saturated heterocycles. The maximum Gasteiger partial charge on any atom is 0.475 e. The van der Waals surface area contributed by atoms with Crippen molar-refractivity contribution < 1.29 is 23.2 Å². The second-order valence-corrected chi connectivity index (χ2v) is 5.20. The minimum atomic E-state index is -3.45. The lowest BCUT2D eigenvalue weighted by molar-refractivity contribution is 0.116. The molecule has 0 unspecified atom stereocenters. The Bertz CT molecular complexity index is 380. The van der Waals surface area contributed by atoms with Crippen LogP contribution in [-0.2, 0) is 31.4 Å². The van der Waals surface area contributed by atoms with Gasteiger partial charge >= 0.3 is 7.82 Å². The molecule has 102 valence electrons. The molecule has 1 aromatic rings. The standard InChI is InChI=1S/C12H19O5P/c1-3-15-18(14,16-4-2)17-10-12-7-5-11(9-13)6-8-12/h5-8,13H,3-4,9-10H2,1-2H3. The van der Waals surface area contributed by atoms with Gasteiger partial charge in [-0.3, -0.25) is 13.6 Å². The third kappa shape index (κ3) is 4.88. The monoisotopic (exact) mass is 274 g/mol. The maximum absolute atomic E-state index is 12.0. The molecule has 0 heterocycles. The van der Waals surface area contributed by atoms with Gasteiger partial charge in [0.15, 0.2) is 0 Å². The Kier molecular flexibility index (Phi) is 6.54. The fraction of sp³-hybridized carbons (Fsp3) is 0.500. The van der Waals surface area contributed by atoms with Crippen molar-refractivity contribution in [3.8, 4) is 0 Å². The normalized spacial score (nSPS) is 11.7. The van der Waals surface area contributed by atoms with Gasteiger partial charge in [0.1, 0.15) is 0 Å². The highest BCUT2D eigenvalue weighted by molar-refractivity contribution is 7.48. The Balaban J connectivity index is 2.58. The third-order valence-electron chi connectivity index (χ3n) is 2.17. The molecule has 0 saturated carbocycles. The number of aliphatic hydroxyl groups excluding tert-OH is 1. The second kappa shape index (κ2) is 7.67. The first-order valence-electron chi connectivity index (χ1n) is 5.86. The molecule has 1 N–H and O–H groups in total. The maximum atomic E-state index is 12.0. The van der Waals surface area contributed by atoms with E-state index >= 15 is 0 Å². The summed E-state index contributed by atoms with van der Waals surface area (Å²) in [4.78, 5) is 0. The van der Waals surface area contributed by atoms with Crippen LogP contribution in [-0.4, -0.2) is 18.3 Å². The van der Waals surface area contributed by atoms with Crippen LogP contribution >= 0.6 is 7.82 Å². The van der Waals surface area contributed by atoms with Crippen LogP contribution in [0.3, 0.4) is 0 Å². The van der Waals surface area contributed by atoms with Crippen LogP contribution in [0.5, 0.6) is 0 Å². The molecule has 1 rings (SSSR count). The molecule has 0 radical (unpaired) electrons. The van der Waals surface area contributed by atoms with Crippen molar-refractivity contribution in [1.29, 1.82) is 0 Å². The van der Waals surface area contributed by atoms with Crippen LogP contribution in [0.25, 0.3) is 0 Å². The molecular formula is C12H19O5P. The molecule has 0 fully saturated rings. The molecule has 0 bridgehead atoms. The molecule has 0 amide bonds. The van der Waals surface area contributed by atoms with E-state index in [1.165, 1.54) is 0 Å². The number of benzene rings is 1. The molecule has 1 aromatic carbocycles. The molecule has 0 atom stereocenters. The van der Waals surface area contributed by atoms with E-state index in [0.29, 0.717) is 0 Å². The summed E-state index contributed by atoms with van der Waals surface area (Å²) in [6.45, 7) is 4.12. The Morgan fingerprint density at radius 1 is 1.00 bits per heavy atom. The van der Waals surface area contributed by atoms with Crippen molar-refractivity contribution in [3.63, 3.8) is 0 Å². The van der Waals surface area contributed by atoms with Crippen LogP contribution < -0.4 is 0 Å². The molecule has 5 nitrogen and oxygen atoms in total. The lowest BCUT2D eigenvalue weighted by atomic mass is 10.1. The topological polar surface area (TPSA) is 65.0 Å². The van der Waals surface area contributed by atoms with E-state index in [1.807, 2.05) is 0 Å². The fourth-order valence-electron chi connectivity index (χ4n) is 1.32. The van der Waals surface area contributed by atoms with Crippen LogP contribution in [0.4, 0.5) is 0 Å². The minimum Gasteiger partial charge on any atom is -0.392 e. The van der Waals surface area contributed by atoms with E-state index in [9.17, 15) is 4.57 Å². The quantitative estimate of drug-likeness (QED) is 0.738. The van der Waals surface area contributed by atoms with Crippen LogP contribution in [0.2, 0.25) is 0 Å². The van der Waals surface area contributed by atoms with Crippen molar-refractivity contribution in [2.75, 3.05) is 13.2 Å². The van der Waals surface area contributed by atoms with Crippen LogP contribution in [0.15, 0.2) is 24.3 Å². The van der Waals surface area contributed by atoms with Crippen LogP contribution in [0, 0.1) is 0 Å². The molecule has 6 heteroatoms. The van der Waals surface area contributed by atoms with Gasteiger partial charge in [0.2, 0.25) is 0 Å². The van der Waals surface area contributed by atoms with Gasteiger partial charge < -0.3 is 5.11 Å². The highest BCUT2D eigenvalue weighted by atomic mass is 31.2. The molecule has 0 aliphatic rings. The Morgan fingerprint density at radius 2 is 1.50 bits per heavy atom. The van der Waals surface area contributed by atoms with Gasteiger partial charge in [0.05, 0.1) is 26.4 Å². The first-order chi connectivity index (χ1) is 8.63. The van der Waals surface area contributed by atoms with Gasteiger partial charge in [0, 0.05) is 0 Å². The predicted molar refractivity (Wildman–Crippen MR) is 68.0 cm³/mol. The number of hydrogen-bond donors (Lipinski definition) is 1. The summed E-state index contributed by atoms with van der Waals surface area (Å²) in [6.07, 6.45) is 0. The van der Waals surface area contributed by atoms with Gasteiger partial charge in [-0.15, -0.1) is 0 Å². The van der Waals surface area contributed by atoms with E-state index in [0.717, 1.165) is 11.1 Å². The number of aliphatic hydroxyl groups is 1. The van der Waals surface area contributed by atoms with Crippen LogP contribution in [0.1, 0.15) is 25.0 Å². The average Bonchev–Trinajstić information content (AvgIpc) is 2.38. The number of phosphoric ester groups is 1. The van der Waals surface area contributed by atoms with E-state index in [-0.39, 0.29) is 26.4 Å². The summed E-state index contributed by atoms with van der Waals surface area (Å²) >= 11 is 0. The highest BCUT2D eigenvalue weighted by Crippen LogP contribution is 2.49. The predicted octanol–water partition coefficient (Wildman–Crippen LogP) is 2.88. The molecular weight excluding hydrogens is 255 g/mol. The van der Waals surface area contributed by atoms with Gasteiger partial charge in [-0.25, -0.2) is 4.57 Å². The van der Waals surface area contributed by atoms with E-state index < -0.39 is 7.82 Å². The van der Waals surface area contributed by atoms with E-state index in [4.69, 9.17) is 18.7 Å². The number of phosphoric acid groups is 1. The zero-order valence-electron chi connectivity index (χ0n) is 10.7. The highest BCUT2D eigenvalue weighted by Gasteiger charge is 2.25. The summed E-state index contributed by atoms with van der Waals surface area (Å²) in [6, 6.07) is 7.16. The Morgan fingerprint density at radius 3 is 1.94 bits per heavy atom. The molecule has 0 spiro atoms. The summed E-state index contributed by atoms with van der Waals surface area (Å²) in [5.74, 6) is 0. The summed E-state index contributed by atoms with van der Waals surface area (Å²) < 4.78 is 27.2. The zero-order valence-corrected chi connectivity index (χ0v) is 11.6. The van der Waals surface area contributed by atoms with Gasteiger partial charge in [0.25, 0.3) is 0 Å². The van der Waals surface area contributed by atoms with Crippen molar-refractivity contribution >= 4 is 7.82 Å². The first-order valence-corrected chi connectivity index (χ1v) is 7.32. The number of rotatable bonds is 8. The minimum absolute atomic E-state index is 0.00246. The first kappa shape index (κ1) is 15.3. The molecule has 0 aliphatic carbocycles. The average molecular weight is 274 g/mol. The molecule has 0 aliphatic heterocycles. The Labute approximate surface area is 107 Å². The summed E-state index contributed by atoms with van der Waals surface area (Å²) in [5, 5.41) is 8.91. The second-order valence-electron chi connectivity index (χ2n) is 3.53. The zero-order chi connectivity index (χ0) is 13.4. The largest absolute Gasteiger partial charge is 0.475 e. The lowest BCUT2D eigenvalue weighted by Gasteiger charge is -2.16. The van der Waals surface area contributed by atoms with Crippen molar-refractivity contribution in [2.24, 2.45) is 0 Å². The fourth-order valence-corrected chi connectivity index (χ4v) is 2.49. The number of hydrogen-bond acceptors (Lipinski definition) is 5. The van der Waals surface area contributed by atoms with E-state index in [2.05, 4.69) is 0 Å². The molecule has 0 aromatic heterocycles. The van der Waals surface area contributed by atoms with Gasteiger partial charge in [-0.2, -0.15) is 0 Å². The van der Waals surface area contributed by atoms with E-state index in [1.54, 1.807) is 38.1 Å². The third-order valence-corrected chi connectivity index (χ3v) is 3.76.